The van der Waals surface area contributed by atoms with Crippen LogP contribution in [0.1, 0.15) is 40.7 Å². The number of hydrogen-bond donors (Lipinski definition) is 1. The van der Waals surface area contributed by atoms with Crippen molar-refractivity contribution < 1.29 is 14.7 Å². The molecule has 0 bridgehead atoms. The average Bonchev–Trinajstić information content (AvgIpc) is 2.41. The molecule has 102 valence electrons. The fourth-order valence-electron chi connectivity index (χ4n) is 2.47. The second-order valence-electron chi connectivity index (χ2n) is 5.15. The van der Waals surface area contributed by atoms with Crippen molar-refractivity contribution in [2.45, 2.75) is 39.2 Å². The van der Waals surface area contributed by atoms with E-state index in [9.17, 15) is 14.7 Å². The molecule has 1 unspecified atom stereocenters. The van der Waals surface area contributed by atoms with Gasteiger partial charge in [0.15, 0.2) is 0 Å². The number of benzene rings is 1. The summed E-state index contributed by atoms with van der Waals surface area (Å²) < 4.78 is 0. The summed E-state index contributed by atoms with van der Waals surface area (Å²) in [5.41, 5.74) is 2.76. The predicted octanol–water partition coefficient (Wildman–Crippen LogP) is 2.38. The third kappa shape index (κ3) is 2.78. The molecular formula is C15H19NO3. The summed E-state index contributed by atoms with van der Waals surface area (Å²) >= 11 is 0. The summed E-state index contributed by atoms with van der Waals surface area (Å²) in [4.78, 5) is 25.2. The summed E-state index contributed by atoms with van der Waals surface area (Å²) in [5.74, 6) is -1.08. The summed E-state index contributed by atoms with van der Waals surface area (Å²) in [5, 5.41) is 9.21. The Morgan fingerprint density at radius 3 is 2.58 bits per heavy atom. The van der Waals surface area contributed by atoms with Gasteiger partial charge >= 0.3 is 5.97 Å². The molecule has 0 radical (unpaired) electrons. The quantitative estimate of drug-likeness (QED) is 0.889. The summed E-state index contributed by atoms with van der Waals surface area (Å²) in [6.07, 6.45) is 2.29. The smallest absolute Gasteiger partial charge is 0.326 e. The molecule has 0 spiro atoms. The molecule has 1 N–H and O–H groups in total. The van der Waals surface area contributed by atoms with Crippen molar-refractivity contribution in [1.82, 2.24) is 4.90 Å². The molecule has 1 amide bonds. The Bertz CT molecular complexity index is 510. The van der Waals surface area contributed by atoms with Gasteiger partial charge in [-0.25, -0.2) is 4.79 Å². The van der Waals surface area contributed by atoms with Crippen molar-refractivity contribution in [2.75, 3.05) is 6.54 Å². The lowest BCUT2D eigenvalue weighted by atomic mass is 9.99. The van der Waals surface area contributed by atoms with Crippen molar-refractivity contribution in [3.05, 3.63) is 34.9 Å². The lowest BCUT2D eigenvalue weighted by molar-refractivity contribution is -0.143. The SMILES string of the molecule is Cc1ccc(C(=O)N2CCCCC2C(=O)O)cc1C. The molecule has 1 saturated heterocycles. The Kier molecular flexibility index (Phi) is 3.88. The third-order valence-corrected chi connectivity index (χ3v) is 3.80. The van der Waals surface area contributed by atoms with Gasteiger partial charge in [-0.05, 0) is 56.4 Å². The Hall–Kier alpha value is -1.84. The summed E-state index contributed by atoms with van der Waals surface area (Å²) in [6, 6.07) is 4.84. The number of carboxylic acids is 1. The van der Waals surface area contributed by atoms with Crippen molar-refractivity contribution in [2.24, 2.45) is 0 Å². The number of piperidine rings is 1. The number of carboxylic acid groups (broad SMARTS) is 1. The fourth-order valence-corrected chi connectivity index (χ4v) is 2.47. The third-order valence-electron chi connectivity index (χ3n) is 3.80. The molecule has 1 aromatic carbocycles. The second kappa shape index (κ2) is 5.43. The summed E-state index contributed by atoms with van der Waals surface area (Å²) in [7, 11) is 0. The summed E-state index contributed by atoms with van der Waals surface area (Å²) in [6.45, 7) is 4.48. The zero-order valence-corrected chi connectivity index (χ0v) is 11.3. The van der Waals surface area contributed by atoms with Crippen molar-refractivity contribution in [3.8, 4) is 0 Å². The topological polar surface area (TPSA) is 57.6 Å². The number of nitrogens with zero attached hydrogens (tertiary/aromatic N) is 1. The van der Waals surface area contributed by atoms with Crippen LogP contribution in [0.4, 0.5) is 0 Å². The normalized spacial score (nSPS) is 19.3. The molecule has 0 saturated carbocycles. The highest BCUT2D eigenvalue weighted by molar-refractivity contribution is 5.97. The van der Waals surface area contributed by atoms with Gasteiger partial charge in [-0.1, -0.05) is 6.07 Å². The van der Waals surface area contributed by atoms with Gasteiger partial charge in [0.1, 0.15) is 6.04 Å². The van der Waals surface area contributed by atoms with Gasteiger partial charge in [0, 0.05) is 12.1 Å². The van der Waals surface area contributed by atoms with E-state index >= 15 is 0 Å². The van der Waals surface area contributed by atoms with Crippen LogP contribution >= 0.6 is 0 Å². The molecule has 1 aromatic rings. The van der Waals surface area contributed by atoms with Crippen LogP contribution in [-0.4, -0.2) is 34.5 Å². The van der Waals surface area contributed by atoms with E-state index in [0.717, 1.165) is 24.0 Å². The van der Waals surface area contributed by atoms with Crippen LogP contribution in [0.25, 0.3) is 0 Å². The van der Waals surface area contributed by atoms with Gasteiger partial charge in [0.25, 0.3) is 5.91 Å². The van der Waals surface area contributed by atoms with Crippen molar-refractivity contribution >= 4 is 11.9 Å². The van der Waals surface area contributed by atoms with E-state index in [1.165, 1.54) is 4.90 Å². The maximum atomic E-state index is 12.4. The Morgan fingerprint density at radius 1 is 1.21 bits per heavy atom. The Morgan fingerprint density at radius 2 is 1.95 bits per heavy atom. The number of aliphatic carboxylic acids is 1. The molecule has 4 heteroatoms. The number of rotatable bonds is 2. The highest BCUT2D eigenvalue weighted by Crippen LogP contribution is 2.21. The lowest BCUT2D eigenvalue weighted by Crippen LogP contribution is -2.48. The monoisotopic (exact) mass is 261 g/mol. The molecule has 19 heavy (non-hydrogen) atoms. The van der Waals surface area contributed by atoms with E-state index in [1.807, 2.05) is 26.0 Å². The lowest BCUT2D eigenvalue weighted by Gasteiger charge is -2.33. The Balaban J connectivity index is 2.26. The first-order valence-corrected chi connectivity index (χ1v) is 6.61. The van der Waals surface area contributed by atoms with Crippen LogP contribution in [-0.2, 0) is 4.79 Å². The van der Waals surface area contributed by atoms with Crippen LogP contribution in [0, 0.1) is 13.8 Å². The van der Waals surface area contributed by atoms with Crippen LogP contribution in [0.2, 0.25) is 0 Å². The molecule has 1 atom stereocenters. The molecule has 0 aromatic heterocycles. The molecule has 0 aliphatic carbocycles. The van der Waals surface area contributed by atoms with E-state index in [0.29, 0.717) is 18.5 Å². The van der Waals surface area contributed by atoms with E-state index in [4.69, 9.17) is 0 Å². The van der Waals surface area contributed by atoms with Gasteiger partial charge in [-0.3, -0.25) is 4.79 Å². The number of hydrogen-bond acceptors (Lipinski definition) is 2. The Labute approximate surface area is 113 Å². The molecule has 2 rings (SSSR count). The van der Waals surface area contributed by atoms with E-state index in [2.05, 4.69) is 0 Å². The zero-order chi connectivity index (χ0) is 14.0. The highest BCUT2D eigenvalue weighted by Gasteiger charge is 2.32. The van der Waals surface area contributed by atoms with E-state index < -0.39 is 12.0 Å². The van der Waals surface area contributed by atoms with Crippen LogP contribution < -0.4 is 0 Å². The fraction of sp³-hybridized carbons (Fsp3) is 0.467. The van der Waals surface area contributed by atoms with Gasteiger partial charge in [0.05, 0.1) is 0 Å². The first kappa shape index (κ1) is 13.6. The maximum Gasteiger partial charge on any atom is 0.326 e. The number of carbonyl (C=O) groups is 2. The first-order chi connectivity index (χ1) is 9.00. The molecule has 1 fully saturated rings. The number of likely N-dealkylation sites (tertiary alicyclic amines) is 1. The maximum absolute atomic E-state index is 12.4. The number of aryl methyl sites for hydroxylation is 2. The van der Waals surface area contributed by atoms with E-state index in [1.54, 1.807) is 6.07 Å². The van der Waals surface area contributed by atoms with Gasteiger partial charge in [-0.15, -0.1) is 0 Å². The number of amides is 1. The van der Waals surface area contributed by atoms with Crippen LogP contribution in [0.15, 0.2) is 18.2 Å². The molecule has 1 aliphatic heterocycles. The van der Waals surface area contributed by atoms with Crippen molar-refractivity contribution in [3.63, 3.8) is 0 Å². The minimum Gasteiger partial charge on any atom is -0.480 e. The average molecular weight is 261 g/mol. The highest BCUT2D eigenvalue weighted by atomic mass is 16.4. The number of carbonyl (C=O) groups excluding carboxylic acids is 1. The molecule has 1 aliphatic rings. The van der Waals surface area contributed by atoms with Gasteiger partial charge in [0.2, 0.25) is 0 Å². The van der Waals surface area contributed by atoms with Crippen LogP contribution in [0.3, 0.4) is 0 Å². The molecule has 4 nitrogen and oxygen atoms in total. The second-order valence-corrected chi connectivity index (χ2v) is 5.15. The molecular weight excluding hydrogens is 242 g/mol. The van der Waals surface area contributed by atoms with Gasteiger partial charge in [-0.2, -0.15) is 0 Å². The van der Waals surface area contributed by atoms with Gasteiger partial charge < -0.3 is 10.0 Å². The largest absolute Gasteiger partial charge is 0.480 e. The zero-order valence-electron chi connectivity index (χ0n) is 11.3. The van der Waals surface area contributed by atoms with E-state index in [-0.39, 0.29) is 5.91 Å². The van der Waals surface area contributed by atoms with Crippen LogP contribution in [0.5, 0.6) is 0 Å². The first-order valence-electron chi connectivity index (χ1n) is 6.61. The van der Waals surface area contributed by atoms with Crippen molar-refractivity contribution in [1.29, 1.82) is 0 Å². The minimum atomic E-state index is -0.906. The predicted molar refractivity (Wildman–Crippen MR) is 72.2 cm³/mol. The standard InChI is InChI=1S/C15H19NO3/c1-10-6-7-12(9-11(10)2)14(17)16-8-4-3-5-13(16)15(18)19/h6-7,9,13H,3-5,8H2,1-2H3,(H,18,19). The molecule has 1 heterocycles. The minimum absolute atomic E-state index is 0.171.